The Kier molecular flexibility index (Phi) is 6.72. The number of carbonyl (C=O) groups excluding carboxylic acids is 2. The molecule has 3 aromatic rings. The first-order chi connectivity index (χ1) is 15.9. The lowest BCUT2D eigenvalue weighted by Gasteiger charge is -2.11. The number of amides is 1. The molecule has 8 heteroatoms. The van der Waals surface area contributed by atoms with E-state index in [2.05, 4.69) is 10.3 Å². The third-order valence-electron chi connectivity index (χ3n) is 5.06. The minimum Gasteiger partial charge on any atom is -0.462 e. The molecule has 1 aromatic heterocycles. The number of benzene rings is 2. The largest absolute Gasteiger partial charge is 0.462 e. The molecule has 1 amide bonds. The van der Waals surface area contributed by atoms with E-state index in [1.807, 2.05) is 60.9 Å². The van der Waals surface area contributed by atoms with Crippen LogP contribution in [-0.4, -0.2) is 28.2 Å². The highest BCUT2D eigenvalue weighted by Gasteiger charge is 2.24. The Morgan fingerprint density at radius 2 is 1.97 bits per heavy atom. The number of rotatable bonds is 5. The molecule has 168 valence electrons. The van der Waals surface area contributed by atoms with E-state index in [0.717, 1.165) is 22.6 Å². The van der Waals surface area contributed by atoms with Crippen molar-refractivity contribution in [2.24, 2.45) is 4.99 Å². The molecule has 4 rings (SSSR count). The van der Waals surface area contributed by atoms with Gasteiger partial charge in [0.25, 0.3) is 5.91 Å². The van der Waals surface area contributed by atoms with E-state index in [0.29, 0.717) is 33.0 Å². The number of esters is 1. The van der Waals surface area contributed by atoms with Crippen molar-refractivity contribution in [1.29, 1.82) is 0 Å². The standard InChI is InChI=1S/C25H22ClN3O3S/c1-4-32-24(31)17-7-5-10-21(12-17)29-15(2)11-18(16(29)3)13-22-23(30)28-25(33-22)27-20-9-6-8-19(26)14-20/h5-14H,4H2,1-3H3,(H,27,28,30)/b22-13-. The lowest BCUT2D eigenvalue weighted by atomic mass is 10.2. The summed E-state index contributed by atoms with van der Waals surface area (Å²) in [7, 11) is 0. The molecule has 2 heterocycles. The number of hydrogen-bond donors (Lipinski definition) is 1. The minimum atomic E-state index is -0.352. The van der Waals surface area contributed by atoms with Crippen LogP contribution >= 0.6 is 23.4 Å². The molecule has 1 saturated heterocycles. The van der Waals surface area contributed by atoms with Gasteiger partial charge in [-0.2, -0.15) is 0 Å². The Morgan fingerprint density at radius 1 is 1.18 bits per heavy atom. The Hall–Kier alpha value is -3.29. The molecule has 0 unspecified atom stereocenters. The van der Waals surface area contributed by atoms with Gasteiger partial charge in [-0.25, -0.2) is 9.79 Å². The number of halogens is 1. The van der Waals surface area contributed by atoms with E-state index in [1.54, 1.807) is 25.1 Å². The molecule has 2 aromatic carbocycles. The van der Waals surface area contributed by atoms with Crippen molar-refractivity contribution in [3.8, 4) is 5.69 Å². The van der Waals surface area contributed by atoms with Gasteiger partial charge in [0.15, 0.2) is 5.17 Å². The third kappa shape index (κ3) is 5.05. The molecule has 0 aliphatic carbocycles. The van der Waals surface area contributed by atoms with E-state index in [1.165, 1.54) is 11.8 Å². The topological polar surface area (TPSA) is 72.7 Å². The number of aromatic nitrogens is 1. The first kappa shape index (κ1) is 22.9. The number of nitrogens with zero attached hydrogens (tertiary/aromatic N) is 2. The van der Waals surface area contributed by atoms with Gasteiger partial charge in [0, 0.05) is 22.1 Å². The lowest BCUT2D eigenvalue weighted by molar-refractivity contribution is -0.115. The summed E-state index contributed by atoms with van der Waals surface area (Å²) in [5, 5.41) is 3.89. The van der Waals surface area contributed by atoms with Crippen molar-refractivity contribution < 1.29 is 14.3 Å². The van der Waals surface area contributed by atoms with E-state index >= 15 is 0 Å². The number of nitrogens with one attached hydrogen (secondary N) is 1. The maximum atomic E-state index is 12.5. The van der Waals surface area contributed by atoms with Crippen LogP contribution in [0, 0.1) is 13.8 Å². The molecule has 0 bridgehead atoms. The van der Waals surface area contributed by atoms with Gasteiger partial charge < -0.3 is 14.6 Å². The summed E-state index contributed by atoms with van der Waals surface area (Å²) in [6, 6.07) is 16.5. The third-order valence-corrected chi connectivity index (χ3v) is 6.21. The van der Waals surface area contributed by atoms with Crippen LogP contribution < -0.4 is 5.32 Å². The molecule has 0 atom stereocenters. The zero-order chi connectivity index (χ0) is 23.5. The van der Waals surface area contributed by atoms with Crippen molar-refractivity contribution in [3.63, 3.8) is 0 Å². The van der Waals surface area contributed by atoms with Crippen LogP contribution in [-0.2, 0) is 9.53 Å². The fourth-order valence-electron chi connectivity index (χ4n) is 3.60. The highest BCUT2D eigenvalue weighted by atomic mass is 35.5. The normalized spacial score (nSPS) is 15.8. The molecule has 1 aliphatic rings. The molecule has 0 spiro atoms. The summed E-state index contributed by atoms with van der Waals surface area (Å²) >= 11 is 7.30. The Balaban J connectivity index is 1.63. The highest BCUT2D eigenvalue weighted by molar-refractivity contribution is 8.18. The van der Waals surface area contributed by atoms with Crippen LogP contribution in [0.4, 0.5) is 5.69 Å². The van der Waals surface area contributed by atoms with Gasteiger partial charge in [-0.3, -0.25) is 4.79 Å². The van der Waals surface area contributed by atoms with Gasteiger partial charge in [0.05, 0.1) is 22.8 Å². The Labute approximate surface area is 201 Å². The van der Waals surface area contributed by atoms with Crippen molar-refractivity contribution in [2.75, 3.05) is 6.61 Å². The second kappa shape index (κ2) is 9.68. The monoisotopic (exact) mass is 479 g/mol. The summed E-state index contributed by atoms with van der Waals surface area (Å²) in [4.78, 5) is 29.7. The fourth-order valence-corrected chi connectivity index (χ4v) is 4.62. The van der Waals surface area contributed by atoms with Gasteiger partial charge in [0.1, 0.15) is 0 Å². The summed E-state index contributed by atoms with van der Waals surface area (Å²) in [6.07, 6.45) is 1.86. The van der Waals surface area contributed by atoms with Gasteiger partial charge in [-0.1, -0.05) is 23.7 Å². The number of hydrogen-bond acceptors (Lipinski definition) is 5. The average Bonchev–Trinajstić information content (AvgIpc) is 3.26. The summed E-state index contributed by atoms with van der Waals surface area (Å²) in [6.45, 7) is 6.07. The smallest absolute Gasteiger partial charge is 0.338 e. The summed E-state index contributed by atoms with van der Waals surface area (Å²) < 4.78 is 7.17. The molecule has 6 nitrogen and oxygen atoms in total. The van der Waals surface area contributed by atoms with Crippen molar-refractivity contribution >= 4 is 52.2 Å². The van der Waals surface area contributed by atoms with Gasteiger partial charge >= 0.3 is 5.97 Å². The number of aryl methyl sites for hydroxylation is 1. The zero-order valence-corrected chi connectivity index (χ0v) is 20.0. The van der Waals surface area contributed by atoms with Crippen LogP contribution in [0.15, 0.2) is 64.5 Å². The van der Waals surface area contributed by atoms with E-state index in [4.69, 9.17) is 16.3 Å². The van der Waals surface area contributed by atoms with E-state index in [-0.39, 0.29) is 11.9 Å². The van der Waals surface area contributed by atoms with Gasteiger partial charge in [0.2, 0.25) is 0 Å². The first-order valence-electron chi connectivity index (χ1n) is 10.4. The molecule has 1 aliphatic heterocycles. The number of aliphatic imine (C=N–C) groups is 1. The van der Waals surface area contributed by atoms with E-state index in [9.17, 15) is 9.59 Å². The second-order valence-corrected chi connectivity index (χ2v) is 8.86. The van der Waals surface area contributed by atoms with Gasteiger partial charge in [-0.05, 0) is 86.6 Å². The predicted molar refractivity (Wildman–Crippen MR) is 133 cm³/mol. The summed E-state index contributed by atoms with van der Waals surface area (Å²) in [5.41, 5.74) is 4.87. The van der Waals surface area contributed by atoms with Crippen molar-refractivity contribution in [3.05, 3.63) is 87.0 Å². The molecule has 0 saturated carbocycles. The number of ether oxygens (including phenoxy) is 1. The quantitative estimate of drug-likeness (QED) is 0.370. The molecular weight excluding hydrogens is 458 g/mol. The fraction of sp³-hybridized carbons (Fsp3) is 0.160. The predicted octanol–water partition coefficient (Wildman–Crippen LogP) is 5.82. The van der Waals surface area contributed by atoms with E-state index < -0.39 is 0 Å². The second-order valence-electron chi connectivity index (χ2n) is 7.39. The molecular formula is C25H22ClN3O3S. The maximum absolute atomic E-state index is 12.5. The zero-order valence-electron chi connectivity index (χ0n) is 18.4. The SMILES string of the molecule is CCOC(=O)c1cccc(-n2c(C)cc(/C=C3\SC(=Nc4cccc(Cl)c4)NC3=O)c2C)c1. The molecule has 1 fully saturated rings. The van der Waals surface area contributed by atoms with Crippen molar-refractivity contribution in [2.45, 2.75) is 20.8 Å². The van der Waals surface area contributed by atoms with Crippen LogP contribution in [0.1, 0.15) is 34.2 Å². The lowest BCUT2D eigenvalue weighted by Crippen LogP contribution is -2.19. The van der Waals surface area contributed by atoms with Crippen molar-refractivity contribution in [1.82, 2.24) is 9.88 Å². The molecule has 33 heavy (non-hydrogen) atoms. The van der Waals surface area contributed by atoms with Crippen LogP contribution in [0.5, 0.6) is 0 Å². The Morgan fingerprint density at radius 3 is 2.73 bits per heavy atom. The summed E-state index contributed by atoms with van der Waals surface area (Å²) in [5.74, 6) is -0.551. The van der Waals surface area contributed by atoms with Crippen LogP contribution in [0.2, 0.25) is 5.02 Å². The highest BCUT2D eigenvalue weighted by Crippen LogP contribution is 2.31. The number of carbonyl (C=O) groups is 2. The van der Waals surface area contributed by atoms with Crippen LogP contribution in [0.25, 0.3) is 11.8 Å². The first-order valence-corrected chi connectivity index (χ1v) is 11.6. The molecule has 0 radical (unpaired) electrons. The minimum absolute atomic E-state index is 0.199. The Bertz CT molecular complexity index is 1310. The van der Waals surface area contributed by atoms with Gasteiger partial charge in [-0.15, -0.1) is 0 Å². The molecule has 1 N–H and O–H groups in total. The van der Waals surface area contributed by atoms with Crippen LogP contribution in [0.3, 0.4) is 0 Å². The number of thioether (sulfide) groups is 1. The maximum Gasteiger partial charge on any atom is 0.338 e. The average molecular weight is 480 g/mol. The number of amidine groups is 1.